The van der Waals surface area contributed by atoms with Gasteiger partial charge in [0, 0.05) is 23.0 Å². The SMILES string of the molecule is CC[C@H](O/N=C(\C(=O)NC1C(=O)N2C(C(=O)O)=C(CSc3nc(N)cc[n+]3N)CS[C@H]12)c1csc(N)n1)C(=O)O. The molecule has 0 spiro atoms. The Morgan fingerprint density at radius 2 is 2.10 bits per heavy atom. The van der Waals surface area contributed by atoms with E-state index < -0.39 is 41.3 Å². The van der Waals surface area contributed by atoms with E-state index >= 15 is 0 Å². The lowest BCUT2D eigenvalue weighted by molar-refractivity contribution is -0.682. The van der Waals surface area contributed by atoms with Crippen LogP contribution in [0.3, 0.4) is 0 Å². The van der Waals surface area contributed by atoms with Crippen LogP contribution in [-0.4, -0.2) is 83.6 Å². The molecule has 1 saturated heterocycles. The first-order valence-corrected chi connectivity index (χ1v) is 14.4. The predicted octanol–water partition coefficient (Wildman–Crippen LogP) is -1.18. The van der Waals surface area contributed by atoms with Crippen LogP contribution in [-0.2, 0) is 24.0 Å². The van der Waals surface area contributed by atoms with Gasteiger partial charge in [0.15, 0.2) is 10.8 Å². The number of oxime groups is 1. The summed E-state index contributed by atoms with van der Waals surface area (Å²) in [5.41, 5.74) is 11.3. The summed E-state index contributed by atoms with van der Waals surface area (Å²) in [6.07, 6.45) is 0.275. The van der Waals surface area contributed by atoms with E-state index in [1.807, 2.05) is 0 Å². The number of carbonyl (C=O) groups excluding carboxylic acids is 2. The molecule has 0 saturated carbocycles. The Balaban J connectivity index is 1.52. The number of amides is 2. The zero-order valence-electron chi connectivity index (χ0n) is 20.7. The summed E-state index contributed by atoms with van der Waals surface area (Å²) in [6, 6.07) is 0.436. The first kappa shape index (κ1) is 28.9. The van der Waals surface area contributed by atoms with Gasteiger partial charge in [0.2, 0.25) is 11.9 Å². The molecule has 16 nitrogen and oxygen atoms in total. The van der Waals surface area contributed by atoms with Crippen LogP contribution in [0, 0.1) is 0 Å². The fourth-order valence-corrected chi connectivity index (χ4v) is 6.64. The number of carbonyl (C=O) groups is 4. The number of nitrogen functional groups attached to an aromatic ring is 3. The molecule has 0 radical (unpaired) electrons. The number of rotatable bonds is 11. The maximum atomic E-state index is 13.2. The van der Waals surface area contributed by atoms with Gasteiger partial charge in [-0.05, 0) is 28.7 Å². The van der Waals surface area contributed by atoms with Gasteiger partial charge in [0.05, 0.1) is 0 Å². The highest BCUT2D eigenvalue weighted by atomic mass is 32.2. The topological polar surface area (TPSA) is 253 Å². The van der Waals surface area contributed by atoms with Crippen LogP contribution in [0.5, 0.6) is 0 Å². The molecule has 3 atom stereocenters. The molecule has 1 fully saturated rings. The van der Waals surface area contributed by atoms with Gasteiger partial charge in [-0.2, -0.15) is 0 Å². The zero-order chi connectivity index (χ0) is 29.1. The minimum absolute atomic E-state index is 0.0258. The van der Waals surface area contributed by atoms with E-state index in [9.17, 15) is 29.4 Å². The molecule has 0 bridgehead atoms. The van der Waals surface area contributed by atoms with Crippen LogP contribution in [0.2, 0.25) is 0 Å². The van der Waals surface area contributed by atoms with Gasteiger partial charge in [0.25, 0.3) is 11.8 Å². The number of carboxylic acid groups (broad SMARTS) is 2. The van der Waals surface area contributed by atoms with E-state index in [1.165, 1.54) is 34.1 Å². The molecule has 40 heavy (non-hydrogen) atoms. The van der Waals surface area contributed by atoms with Crippen molar-refractivity contribution in [1.82, 2.24) is 20.2 Å². The van der Waals surface area contributed by atoms with E-state index in [-0.39, 0.29) is 46.0 Å². The molecule has 4 heterocycles. The molecule has 0 aromatic carbocycles. The van der Waals surface area contributed by atoms with Crippen molar-refractivity contribution in [2.75, 3.05) is 28.8 Å². The average Bonchev–Trinajstić information content (AvgIpc) is 3.34. The molecule has 9 N–H and O–H groups in total. The van der Waals surface area contributed by atoms with Gasteiger partial charge >= 0.3 is 17.1 Å². The summed E-state index contributed by atoms with van der Waals surface area (Å²) in [6.45, 7) is 1.57. The Labute approximate surface area is 238 Å². The number of aliphatic carboxylic acids is 2. The molecular formula is C21H24N9O7S3+. The molecule has 2 aromatic rings. The Kier molecular flexibility index (Phi) is 8.64. The molecule has 2 aromatic heterocycles. The molecule has 2 aliphatic heterocycles. The van der Waals surface area contributed by atoms with Crippen molar-refractivity contribution in [3.8, 4) is 0 Å². The molecule has 212 valence electrons. The van der Waals surface area contributed by atoms with Crippen LogP contribution in [0.25, 0.3) is 0 Å². The van der Waals surface area contributed by atoms with E-state index in [2.05, 4.69) is 20.4 Å². The monoisotopic (exact) mass is 610 g/mol. The number of thiazole rings is 1. The largest absolute Gasteiger partial charge is 0.478 e. The minimum Gasteiger partial charge on any atom is -0.478 e. The third kappa shape index (κ3) is 5.89. The molecule has 1 unspecified atom stereocenters. The number of thioether (sulfide) groups is 2. The summed E-state index contributed by atoms with van der Waals surface area (Å²) in [5, 5.41) is 26.6. The molecular weight excluding hydrogens is 586 g/mol. The normalized spacial score (nSPS) is 19.5. The summed E-state index contributed by atoms with van der Waals surface area (Å²) < 4.78 is 1.25. The quantitative estimate of drug-likeness (QED) is 0.0333. The first-order chi connectivity index (χ1) is 19.0. The number of nitrogens with one attached hydrogen (secondary N) is 1. The third-order valence-corrected chi connectivity index (χ3v) is 8.73. The highest BCUT2D eigenvalue weighted by Crippen LogP contribution is 2.41. The minimum atomic E-state index is -1.32. The first-order valence-electron chi connectivity index (χ1n) is 11.5. The second-order valence-electron chi connectivity index (χ2n) is 8.30. The number of aromatic nitrogens is 3. The summed E-state index contributed by atoms with van der Waals surface area (Å²) in [5.74, 6) is 2.44. The Bertz CT molecular complexity index is 1430. The summed E-state index contributed by atoms with van der Waals surface area (Å²) in [4.78, 5) is 64.0. The average molecular weight is 611 g/mol. The number of fused-ring (bicyclic) bond motifs is 1. The fourth-order valence-electron chi connectivity index (χ4n) is 3.70. The maximum absolute atomic E-state index is 13.2. The lowest BCUT2D eigenvalue weighted by atomic mass is 10.0. The van der Waals surface area contributed by atoms with Crippen LogP contribution in [0.4, 0.5) is 10.9 Å². The van der Waals surface area contributed by atoms with Gasteiger partial charge < -0.3 is 31.8 Å². The van der Waals surface area contributed by atoms with Crippen molar-refractivity contribution < 1.29 is 38.9 Å². The predicted molar refractivity (Wildman–Crippen MR) is 145 cm³/mol. The number of nitrogens with zero attached hydrogens (tertiary/aromatic N) is 5. The Morgan fingerprint density at radius 3 is 2.73 bits per heavy atom. The van der Waals surface area contributed by atoms with Gasteiger partial charge in [-0.15, -0.1) is 27.8 Å². The van der Waals surface area contributed by atoms with Crippen molar-refractivity contribution >= 4 is 75.3 Å². The van der Waals surface area contributed by atoms with Crippen LogP contribution in [0.1, 0.15) is 19.0 Å². The van der Waals surface area contributed by atoms with Gasteiger partial charge in [-0.3, -0.25) is 20.3 Å². The van der Waals surface area contributed by atoms with Crippen molar-refractivity contribution in [3.63, 3.8) is 0 Å². The highest BCUT2D eigenvalue weighted by Gasteiger charge is 2.54. The van der Waals surface area contributed by atoms with E-state index in [1.54, 1.807) is 6.92 Å². The number of hydrogen-bond donors (Lipinski definition) is 6. The standard InChI is InChI=1S/C21H23N9O7S3/c1-2-10(18(33)34)37-28-12(9-7-39-20(23)25-9)15(31)27-13-16(32)30-14(19(35)36)8(5-38-17(13)30)6-40-21-26-11(22)3-4-29(21)24/h3-4,7,10,13,17,22H,2,5-6,24H2,1H3,(H5,23,25,27,31,33,34,35,36)/p+1/b28-12-/t10-,13?,17+/m0/s1. The lowest BCUT2D eigenvalue weighted by Crippen LogP contribution is -2.71. The van der Waals surface area contributed by atoms with Crippen molar-refractivity contribution in [2.45, 2.75) is 36.0 Å². The number of carboxylic acids is 2. The molecule has 2 amide bonds. The van der Waals surface area contributed by atoms with E-state index in [4.69, 9.17) is 22.1 Å². The number of anilines is 2. The molecule has 19 heteroatoms. The van der Waals surface area contributed by atoms with Crippen molar-refractivity contribution in [1.29, 1.82) is 0 Å². The summed E-state index contributed by atoms with van der Waals surface area (Å²) in [7, 11) is 0. The molecule has 0 aliphatic carbocycles. The van der Waals surface area contributed by atoms with Crippen LogP contribution < -0.4 is 27.3 Å². The third-order valence-electron chi connectivity index (χ3n) is 5.66. The molecule has 2 aliphatic rings. The maximum Gasteiger partial charge on any atom is 0.384 e. The number of hydrogen-bond acceptors (Lipinski definition) is 14. The van der Waals surface area contributed by atoms with Crippen LogP contribution in [0.15, 0.2) is 39.2 Å². The zero-order valence-corrected chi connectivity index (χ0v) is 23.2. The smallest absolute Gasteiger partial charge is 0.384 e. The highest BCUT2D eigenvalue weighted by molar-refractivity contribution is 8.01. The van der Waals surface area contributed by atoms with Crippen LogP contribution >= 0.6 is 34.9 Å². The number of nitrogens with two attached hydrogens (primary N) is 3. The Morgan fingerprint density at radius 1 is 1.35 bits per heavy atom. The van der Waals surface area contributed by atoms with E-state index in [0.29, 0.717) is 10.7 Å². The van der Waals surface area contributed by atoms with Gasteiger partial charge in [-0.1, -0.05) is 12.1 Å². The fraction of sp³-hybridized carbons (Fsp3) is 0.333. The molecule has 4 rings (SSSR count). The van der Waals surface area contributed by atoms with Crippen molar-refractivity contribution in [2.24, 2.45) is 5.16 Å². The summed E-state index contributed by atoms with van der Waals surface area (Å²) >= 11 is 3.45. The van der Waals surface area contributed by atoms with Gasteiger partial charge in [-0.25, -0.2) is 14.6 Å². The van der Waals surface area contributed by atoms with Gasteiger partial charge in [0.1, 0.15) is 29.0 Å². The number of β-lactam (4-membered cyclic amide) rings is 1. The van der Waals surface area contributed by atoms with Crippen molar-refractivity contribution in [3.05, 3.63) is 34.6 Å². The second-order valence-corrected chi connectivity index (χ2v) is 11.2. The second kappa shape index (κ2) is 12.0. The van der Waals surface area contributed by atoms with E-state index in [0.717, 1.165) is 28.0 Å². The Hall–Kier alpha value is -4.10. The lowest BCUT2D eigenvalue weighted by Gasteiger charge is -2.49.